The van der Waals surface area contributed by atoms with E-state index in [-0.39, 0.29) is 11.8 Å². The number of nitrogen functional groups attached to an aromatic ring is 1. The molecule has 4 N–H and O–H groups in total. The standard InChI is InChI=1S/C25H30N6O2S3/c1-4-33-22-10-6-16-12-19(15-5-8-20(26)17(11-15)13-27-2)24(32)31(23(16)28-22)18-7-9-21(30(3)14-18)29-25(34,35)36/h5-13,22,28-29,34-36H,4,14,26H2,1-3H3. The van der Waals surface area contributed by atoms with Gasteiger partial charge in [-0.3, -0.25) is 14.4 Å². The topological polar surface area (TPSA) is 96.9 Å². The van der Waals surface area contributed by atoms with Crippen LogP contribution >= 0.6 is 37.9 Å². The molecule has 1 aromatic heterocycles. The van der Waals surface area contributed by atoms with Gasteiger partial charge >= 0.3 is 0 Å². The van der Waals surface area contributed by atoms with E-state index in [9.17, 15) is 4.79 Å². The van der Waals surface area contributed by atoms with E-state index in [1.165, 1.54) is 0 Å². The summed E-state index contributed by atoms with van der Waals surface area (Å²) in [5.41, 5.74) is 10.3. The van der Waals surface area contributed by atoms with Crippen LogP contribution in [-0.2, 0) is 4.74 Å². The number of pyridine rings is 1. The van der Waals surface area contributed by atoms with E-state index in [2.05, 4.69) is 53.5 Å². The largest absolute Gasteiger partial charge is 0.398 e. The van der Waals surface area contributed by atoms with Crippen molar-refractivity contribution in [3.8, 4) is 11.1 Å². The summed E-state index contributed by atoms with van der Waals surface area (Å²) in [6, 6.07) is 7.43. The number of anilines is 2. The summed E-state index contributed by atoms with van der Waals surface area (Å²) in [7, 11) is 3.60. The van der Waals surface area contributed by atoms with Crippen molar-refractivity contribution in [2.24, 2.45) is 4.99 Å². The fourth-order valence-electron chi connectivity index (χ4n) is 4.17. The number of nitrogens with two attached hydrogens (primary N) is 1. The van der Waals surface area contributed by atoms with Crippen molar-refractivity contribution in [3.05, 3.63) is 69.8 Å². The van der Waals surface area contributed by atoms with Gasteiger partial charge in [-0.2, -0.15) is 0 Å². The molecule has 0 saturated heterocycles. The lowest BCUT2D eigenvalue weighted by Crippen LogP contribution is -2.40. The van der Waals surface area contributed by atoms with Crippen LogP contribution in [0.5, 0.6) is 0 Å². The Hall–Kier alpha value is -2.73. The lowest BCUT2D eigenvalue weighted by atomic mass is 10.00. The number of nitrogens with zero attached hydrogens (tertiary/aromatic N) is 3. The molecule has 8 nitrogen and oxygen atoms in total. The third-order valence-electron chi connectivity index (χ3n) is 5.80. The summed E-state index contributed by atoms with van der Waals surface area (Å²) in [5.74, 6) is 1.45. The third-order valence-corrected chi connectivity index (χ3v) is 6.13. The van der Waals surface area contributed by atoms with Gasteiger partial charge in [0.05, 0.1) is 6.54 Å². The van der Waals surface area contributed by atoms with Crippen LogP contribution in [0.4, 0.5) is 11.5 Å². The predicted molar refractivity (Wildman–Crippen MR) is 160 cm³/mol. The second-order valence-corrected chi connectivity index (χ2v) is 11.5. The summed E-state index contributed by atoms with van der Waals surface area (Å²) in [5, 5.41) is 6.49. The van der Waals surface area contributed by atoms with Gasteiger partial charge in [0.1, 0.15) is 17.9 Å². The summed E-state index contributed by atoms with van der Waals surface area (Å²) in [6.45, 7) is 2.93. The maximum absolute atomic E-state index is 14.0. The van der Waals surface area contributed by atoms with Gasteiger partial charge in [0, 0.05) is 55.0 Å². The Bertz CT molecular complexity index is 1340. The molecule has 1 aromatic carbocycles. The second-order valence-electron chi connectivity index (χ2n) is 8.44. The molecule has 0 radical (unpaired) electrons. The highest BCUT2D eigenvalue weighted by atomic mass is 32.2. The Morgan fingerprint density at radius 1 is 1.31 bits per heavy atom. The number of hydrogen-bond donors (Lipinski definition) is 6. The lowest BCUT2D eigenvalue weighted by Gasteiger charge is -2.33. The zero-order chi connectivity index (χ0) is 26.0. The molecule has 36 heavy (non-hydrogen) atoms. The number of benzene rings is 1. The van der Waals surface area contributed by atoms with Crippen molar-refractivity contribution in [2.75, 3.05) is 38.3 Å². The number of hydrogen-bond acceptors (Lipinski definition) is 10. The van der Waals surface area contributed by atoms with E-state index >= 15 is 0 Å². The van der Waals surface area contributed by atoms with Crippen LogP contribution in [0.2, 0.25) is 0 Å². The van der Waals surface area contributed by atoms with Gasteiger partial charge in [0.15, 0.2) is 3.54 Å². The highest BCUT2D eigenvalue weighted by Crippen LogP contribution is 2.31. The fourth-order valence-corrected chi connectivity index (χ4v) is 4.52. The third kappa shape index (κ3) is 5.64. The summed E-state index contributed by atoms with van der Waals surface area (Å²) >= 11 is 13.0. The Balaban J connectivity index is 1.89. The average molecular weight is 543 g/mol. The average Bonchev–Trinajstić information content (AvgIpc) is 2.81. The molecule has 2 aliphatic heterocycles. The fraction of sp³-hybridized carbons (Fsp3) is 0.280. The number of likely N-dealkylation sites (N-methyl/N-ethyl adjacent to an activating group) is 1. The lowest BCUT2D eigenvalue weighted by molar-refractivity contribution is 0.115. The molecule has 1 unspecified atom stereocenters. The number of nitrogens with one attached hydrogen (secondary N) is 2. The highest BCUT2D eigenvalue weighted by Gasteiger charge is 2.25. The van der Waals surface area contributed by atoms with Gasteiger partial charge in [-0.25, -0.2) is 0 Å². The zero-order valence-electron chi connectivity index (χ0n) is 20.3. The molecule has 3 heterocycles. The van der Waals surface area contributed by atoms with Crippen LogP contribution in [0.1, 0.15) is 18.1 Å². The van der Waals surface area contributed by atoms with Crippen molar-refractivity contribution in [2.45, 2.75) is 16.7 Å². The Morgan fingerprint density at radius 3 is 2.75 bits per heavy atom. The van der Waals surface area contributed by atoms with Crippen LogP contribution in [0.3, 0.4) is 0 Å². The normalized spacial score (nSPS) is 17.5. The molecule has 0 aliphatic carbocycles. The first kappa shape index (κ1) is 26.3. The molecule has 4 rings (SSSR count). The minimum Gasteiger partial charge on any atom is -0.398 e. The predicted octanol–water partition coefficient (Wildman–Crippen LogP) is 3.57. The molecule has 0 amide bonds. The van der Waals surface area contributed by atoms with E-state index in [1.807, 2.05) is 61.4 Å². The maximum Gasteiger partial charge on any atom is 0.264 e. The van der Waals surface area contributed by atoms with Crippen molar-refractivity contribution in [3.63, 3.8) is 0 Å². The molecule has 1 atom stereocenters. The maximum atomic E-state index is 14.0. The molecule has 2 aromatic rings. The smallest absolute Gasteiger partial charge is 0.264 e. The van der Waals surface area contributed by atoms with Crippen molar-refractivity contribution in [1.29, 1.82) is 0 Å². The first-order chi connectivity index (χ1) is 17.1. The minimum atomic E-state index is -0.993. The van der Waals surface area contributed by atoms with Crippen molar-refractivity contribution in [1.82, 2.24) is 14.8 Å². The van der Waals surface area contributed by atoms with E-state index in [4.69, 9.17) is 10.5 Å². The summed E-state index contributed by atoms with van der Waals surface area (Å²) in [6.07, 6.45) is 9.05. The minimum absolute atomic E-state index is 0.160. The zero-order valence-corrected chi connectivity index (χ0v) is 22.9. The number of fused-ring (bicyclic) bond motifs is 1. The Kier molecular flexibility index (Phi) is 7.84. The van der Waals surface area contributed by atoms with Crippen LogP contribution in [0, 0.1) is 0 Å². The number of rotatable bonds is 7. The number of aliphatic imine (C=N–C) groups is 1. The summed E-state index contributed by atoms with van der Waals surface area (Å²) in [4.78, 5) is 20.1. The van der Waals surface area contributed by atoms with Gasteiger partial charge < -0.3 is 26.0 Å². The second kappa shape index (κ2) is 10.7. The van der Waals surface area contributed by atoms with Crippen LogP contribution in [0.25, 0.3) is 22.9 Å². The van der Waals surface area contributed by atoms with E-state index in [0.29, 0.717) is 30.2 Å². The molecular weight excluding hydrogens is 513 g/mol. The quantitative estimate of drug-likeness (QED) is 0.139. The van der Waals surface area contributed by atoms with Crippen molar-refractivity contribution < 1.29 is 4.74 Å². The number of aromatic nitrogens is 1. The first-order valence-electron chi connectivity index (χ1n) is 11.4. The Morgan fingerprint density at radius 2 is 2.08 bits per heavy atom. The van der Waals surface area contributed by atoms with Crippen LogP contribution in [0.15, 0.2) is 58.1 Å². The SMILES string of the molecule is CCOC1C=Cc2cc(-c3ccc(N)c(C=NC)c3)c(=O)n(C3=CC=C(NC(S)(S)S)N(C)C3)c2N1. The van der Waals surface area contributed by atoms with E-state index < -0.39 is 3.54 Å². The summed E-state index contributed by atoms with van der Waals surface area (Å²) < 4.78 is 6.49. The van der Waals surface area contributed by atoms with Crippen LogP contribution in [-0.4, -0.2) is 52.7 Å². The molecule has 2 aliphatic rings. The van der Waals surface area contributed by atoms with Crippen LogP contribution < -0.4 is 21.9 Å². The van der Waals surface area contributed by atoms with Gasteiger partial charge in [-0.05, 0) is 48.9 Å². The molecule has 0 bridgehead atoms. The molecule has 11 heteroatoms. The molecule has 190 valence electrons. The molecule has 0 fully saturated rings. The van der Waals surface area contributed by atoms with Gasteiger partial charge in [-0.15, -0.1) is 37.9 Å². The monoisotopic (exact) mass is 542 g/mol. The molecular formula is C25H30N6O2S3. The van der Waals surface area contributed by atoms with Gasteiger partial charge in [-0.1, -0.05) is 12.1 Å². The molecule has 0 spiro atoms. The first-order valence-corrected chi connectivity index (χ1v) is 12.7. The van der Waals surface area contributed by atoms with Gasteiger partial charge in [0.25, 0.3) is 5.56 Å². The van der Waals surface area contributed by atoms with Crippen molar-refractivity contribution >= 4 is 67.4 Å². The number of thiol groups is 3. The Labute approximate surface area is 227 Å². The highest BCUT2D eigenvalue weighted by molar-refractivity contribution is 8.16. The van der Waals surface area contributed by atoms with E-state index in [1.54, 1.807) is 23.9 Å². The number of ether oxygens (including phenoxy) is 1. The van der Waals surface area contributed by atoms with Gasteiger partial charge in [0.2, 0.25) is 0 Å². The number of allylic oxidation sites excluding steroid dienone is 2. The molecule has 0 saturated carbocycles. The van der Waals surface area contributed by atoms with E-state index in [0.717, 1.165) is 28.2 Å².